The summed E-state index contributed by atoms with van der Waals surface area (Å²) in [5, 5.41) is 1.32. The van der Waals surface area contributed by atoms with Gasteiger partial charge in [0.25, 0.3) is 0 Å². The van der Waals surface area contributed by atoms with Gasteiger partial charge in [-0.25, -0.2) is 4.79 Å². The molecular weight excluding hydrogens is 430 g/mol. The first-order valence-electron chi connectivity index (χ1n) is 9.66. The van der Waals surface area contributed by atoms with Crippen molar-refractivity contribution in [3.8, 4) is 5.69 Å². The van der Waals surface area contributed by atoms with Crippen LogP contribution in [0.4, 0.5) is 0 Å². The Morgan fingerprint density at radius 2 is 1.76 bits per heavy atom. The standard InChI is InChI=1S/C24H20BrNO3/c1-13-8-9-14(10-17(13)25)26-18-11-24(2,3)12-19(27)20(18)22-21(26)15-6-4-5-7-16(15)23(28)29-22/h4-10H,11-12H2,1-3H3. The first kappa shape index (κ1) is 18.4. The summed E-state index contributed by atoms with van der Waals surface area (Å²) in [6.07, 6.45) is 1.17. The van der Waals surface area contributed by atoms with Crippen LogP contribution in [0.2, 0.25) is 0 Å². The number of hydrogen-bond acceptors (Lipinski definition) is 3. The summed E-state index contributed by atoms with van der Waals surface area (Å²) >= 11 is 3.63. The minimum absolute atomic E-state index is 0.0320. The van der Waals surface area contributed by atoms with Gasteiger partial charge in [-0.05, 0) is 42.5 Å². The topological polar surface area (TPSA) is 52.2 Å². The number of hydrogen-bond donors (Lipinski definition) is 0. The number of fused-ring (bicyclic) bond motifs is 5. The van der Waals surface area contributed by atoms with Crippen molar-refractivity contribution in [3.05, 3.63) is 74.2 Å². The van der Waals surface area contributed by atoms with Crippen LogP contribution in [0.3, 0.4) is 0 Å². The van der Waals surface area contributed by atoms with E-state index in [1.165, 1.54) is 0 Å². The van der Waals surface area contributed by atoms with Crippen molar-refractivity contribution in [2.45, 2.75) is 33.6 Å². The van der Waals surface area contributed by atoms with Crippen LogP contribution in [-0.2, 0) is 6.42 Å². The lowest BCUT2D eigenvalue weighted by atomic mass is 9.76. The largest absolute Gasteiger partial charge is 0.420 e. The third-order valence-corrected chi connectivity index (χ3v) is 6.65. The summed E-state index contributed by atoms with van der Waals surface area (Å²) < 4.78 is 8.86. The van der Waals surface area contributed by atoms with E-state index in [4.69, 9.17) is 4.42 Å². The molecule has 4 nitrogen and oxygen atoms in total. The maximum atomic E-state index is 13.1. The number of carbonyl (C=O) groups excluding carboxylic acids is 1. The highest BCUT2D eigenvalue weighted by molar-refractivity contribution is 9.10. The Morgan fingerprint density at radius 3 is 2.48 bits per heavy atom. The molecule has 2 aromatic carbocycles. The molecule has 0 N–H and O–H groups in total. The van der Waals surface area contributed by atoms with E-state index in [9.17, 15) is 9.59 Å². The Kier molecular flexibility index (Phi) is 3.91. The molecule has 0 saturated heterocycles. The number of ketones is 1. The Bertz CT molecular complexity index is 1390. The SMILES string of the molecule is Cc1ccc(-n2c3c(c4oc(=O)c5ccccc5c42)C(=O)CC(C)(C)C3)cc1Br. The van der Waals surface area contributed by atoms with Crippen LogP contribution in [0.5, 0.6) is 0 Å². The Labute approximate surface area is 176 Å². The average molecular weight is 450 g/mol. The Hall–Kier alpha value is -2.66. The second-order valence-corrected chi connectivity index (χ2v) is 9.50. The Morgan fingerprint density at radius 1 is 1.03 bits per heavy atom. The van der Waals surface area contributed by atoms with E-state index in [1.54, 1.807) is 6.07 Å². The summed E-state index contributed by atoms with van der Waals surface area (Å²) in [5.74, 6) is 0.0320. The maximum absolute atomic E-state index is 13.1. The summed E-state index contributed by atoms with van der Waals surface area (Å²) in [5.41, 5.74) is 4.16. The number of Topliss-reactive ketones (excluding diaryl/α,β-unsaturated/α-hetero) is 1. The lowest BCUT2D eigenvalue weighted by Crippen LogP contribution is -2.27. The van der Waals surface area contributed by atoms with Crippen molar-refractivity contribution in [2.75, 3.05) is 0 Å². The van der Waals surface area contributed by atoms with Gasteiger partial charge in [0.1, 0.15) is 0 Å². The molecule has 0 atom stereocenters. The van der Waals surface area contributed by atoms with Crippen LogP contribution >= 0.6 is 15.9 Å². The smallest absolute Gasteiger partial charge is 0.344 e. The van der Waals surface area contributed by atoms with E-state index in [0.717, 1.165) is 38.7 Å². The molecule has 0 unspecified atom stereocenters. The predicted octanol–water partition coefficient (Wildman–Crippen LogP) is 5.96. The number of aromatic nitrogens is 1. The van der Waals surface area contributed by atoms with Crippen molar-refractivity contribution < 1.29 is 9.21 Å². The van der Waals surface area contributed by atoms with Crippen molar-refractivity contribution in [2.24, 2.45) is 5.41 Å². The van der Waals surface area contributed by atoms with Gasteiger partial charge in [-0.2, -0.15) is 0 Å². The lowest BCUT2D eigenvalue weighted by Gasteiger charge is -2.29. The van der Waals surface area contributed by atoms with E-state index in [0.29, 0.717) is 23.0 Å². The van der Waals surface area contributed by atoms with Crippen molar-refractivity contribution in [1.82, 2.24) is 4.57 Å². The third-order valence-electron chi connectivity index (χ3n) is 5.80. The zero-order chi connectivity index (χ0) is 20.5. The van der Waals surface area contributed by atoms with Crippen LogP contribution < -0.4 is 5.63 Å². The predicted molar refractivity (Wildman–Crippen MR) is 118 cm³/mol. The number of rotatable bonds is 1. The van der Waals surface area contributed by atoms with Gasteiger partial charge in [0.05, 0.1) is 16.5 Å². The molecule has 4 aromatic rings. The van der Waals surface area contributed by atoms with Crippen LogP contribution in [-0.4, -0.2) is 10.4 Å². The highest BCUT2D eigenvalue weighted by atomic mass is 79.9. The molecule has 0 amide bonds. The average Bonchev–Trinajstić information content (AvgIpc) is 2.97. The second-order valence-electron chi connectivity index (χ2n) is 8.64. The van der Waals surface area contributed by atoms with E-state index >= 15 is 0 Å². The summed E-state index contributed by atoms with van der Waals surface area (Å²) in [7, 11) is 0. The molecular formula is C24H20BrNO3. The van der Waals surface area contributed by atoms with Crippen molar-refractivity contribution in [1.29, 1.82) is 0 Å². The molecule has 0 aliphatic heterocycles. The minimum atomic E-state index is -0.407. The molecule has 0 saturated carbocycles. The van der Waals surface area contributed by atoms with Gasteiger partial charge in [0.2, 0.25) is 0 Å². The second kappa shape index (κ2) is 6.17. The van der Waals surface area contributed by atoms with Gasteiger partial charge in [0.15, 0.2) is 11.4 Å². The zero-order valence-electron chi connectivity index (χ0n) is 16.5. The van der Waals surface area contributed by atoms with E-state index < -0.39 is 5.63 Å². The van der Waals surface area contributed by atoms with Crippen LogP contribution in [0.25, 0.3) is 27.6 Å². The molecule has 5 rings (SSSR count). The molecule has 0 radical (unpaired) electrons. The monoisotopic (exact) mass is 449 g/mol. The molecule has 2 aromatic heterocycles. The molecule has 1 aliphatic carbocycles. The van der Waals surface area contributed by atoms with Gasteiger partial charge < -0.3 is 8.98 Å². The zero-order valence-corrected chi connectivity index (χ0v) is 18.1. The van der Waals surface area contributed by atoms with E-state index in [-0.39, 0.29) is 11.2 Å². The number of halogens is 1. The van der Waals surface area contributed by atoms with Crippen LogP contribution in [0, 0.1) is 12.3 Å². The first-order valence-corrected chi connectivity index (χ1v) is 10.4. The molecule has 2 heterocycles. The van der Waals surface area contributed by atoms with Crippen molar-refractivity contribution >= 4 is 43.6 Å². The number of carbonyl (C=O) groups is 1. The van der Waals surface area contributed by atoms with Gasteiger partial charge >= 0.3 is 5.63 Å². The molecule has 0 spiro atoms. The lowest BCUT2D eigenvalue weighted by molar-refractivity contribution is 0.0911. The first-order chi connectivity index (χ1) is 13.8. The minimum Gasteiger partial charge on any atom is -0.420 e. The number of benzene rings is 2. The van der Waals surface area contributed by atoms with Crippen LogP contribution in [0.15, 0.2) is 56.1 Å². The van der Waals surface area contributed by atoms with E-state index in [1.807, 2.05) is 31.2 Å². The fourth-order valence-electron chi connectivity index (χ4n) is 4.45. The summed E-state index contributed by atoms with van der Waals surface area (Å²) in [6.45, 7) is 6.25. The van der Waals surface area contributed by atoms with Gasteiger partial charge in [-0.15, -0.1) is 0 Å². The summed E-state index contributed by atoms with van der Waals surface area (Å²) in [6, 6.07) is 13.6. The molecule has 5 heteroatoms. The quantitative estimate of drug-likeness (QED) is 0.360. The normalized spacial score (nSPS) is 15.8. The van der Waals surface area contributed by atoms with Crippen molar-refractivity contribution in [3.63, 3.8) is 0 Å². The highest BCUT2D eigenvalue weighted by Crippen LogP contribution is 2.42. The fraction of sp³-hybridized carbons (Fsp3) is 0.250. The highest BCUT2D eigenvalue weighted by Gasteiger charge is 2.37. The molecule has 0 fully saturated rings. The molecule has 0 bridgehead atoms. The van der Waals surface area contributed by atoms with E-state index in [2.05, 4.69) is 46.5 Å². The molecule has 29 heavy (non-hydrogen) atoms. The number of nitrogens with zero attached hydrogens (tertiary/aromatic N) is 1. The van der Waals surface area contributed by atoms with Gasteiger partial charge in [-0.1, -0.05) is 54.0 Å². The Balaban J connectivity index is 2.02. The molecule has 146 valence electrons. The number of aryl methyl sites for hydroxylation is 1. The van der Waals surface area contributed by atoms with Gasteiger partial charge in [-0.3, -0.25) is 4.79 Å². The third kappa shape index (κ3) is 2.71. The molecule has 1 aliphatic rings. The van der Waals surface area contributed by atoms with Gasteiger partial charge in [0, 0.05) is 27.7 Å². The summed E-state index contributed by atoms with van der Waals surface area (Å²) in [4.78, 5) is 25.8. The van der Waals surface area contributed by atoms with Crippen LogP contribution in [0.1, 0.15) is 41.9 Å². The fourth-order valence-corrected chi connectivity index (χ4v) is 4.82. The maximum Gasteiger partial charge on any atom is 0.344 e.